The largest absolute Gasteiger partial charge is 1.00 e. The minimum atomic E-state index is 0. The second-order valence-electron chi connectivity index (χ2n) is 8.44. The molecule has 1 aliphatic carbocycles. The third-order valence-corrected chi connectivity index (χ3v) is 7.11. The first-order valence-electron chi connectivity index (χ1n) is 9.31. The number of piperidine rings is 2. The third-order valence-electron chi connectivity index (χ3n) is 7.11. The molecule has 0 radical (unpaired) electrons. The number of rotatable bonds is 2. The van der Waals surface area contributed by atoms with Crippen molar-refractivity contribution in [3.8, 4) is 0 Å². The van der Waals surface area contributed by atoms with Gasteiger partial charge in [-0.1, -0.05) is 0 Å². The van der Waals surface area contributed by atoms with Gasteiger partial charge in [0.05, 0.1) is 52.4 Å². The Hall–Kier alpha value is 0.790. The van der Waals surface area contributed by atoms with Crippen LogP contribution in [0.2, 0.25) is 0 Å². The lowest BCUT2D eigenvalue weighted by molar-refractivity contribution is -0.952. The van der Waals surface area contributed by atoms with Crippen LogP contribution in [-0.4, -0.2) is 61.3 Å². The highest BCUT2D eigenvalue weighted by molar-refractivity contribution is 5.85. The van der Waals surface area contributed by atoms with Gasteiger partial charge in [0.2, 0.25) is 0 Å². The lowest BCUT2D eigenvalue weighted by atomic mass is 9.85. The lowest BCUT2D eigenvalue weighted by Crippen LogP contribution is -3.00. The molecule has 3 fully saturated rings. The summed E-state index contributed by atoms with van der Waals surface area (Å²) in [6.45, 7) is 5.84. The van der Waals surface area contributed by atoms with Crippen LogP contribution in [0, 0.1) is 0 Å². The van der Waals surface area contributed by atoms with E-state index in [1.807, 2.05) is 0 Å². The summed E-state index contributed by atoms with van der Waals surface area (Å²) in [4.78, 5) is 0. The van der Waals surface area contributed by atoms with Crippen LogP contribution in [0.3, 0.4) is 0 Å². The van der Waals surface area contributed by atoms with Gasteiger partial charge in [-0.3, -0.25) is 0 Å². The summed E-state index contributed by atoms with van der Waals surface area (Å²) in [5.74, 6) is 0. The van der Waals surface area contributed by atoms with Gasteiger partial charge in [0.15, 0.2) is 0 Å². The molecule has 0 spiro atoms. The molecule has 3 rings (SSSR count). The van der Waals surface area contributed by atoms with Crippen molar-refractivity contribution in [2.24, 2.45) is 0 Å². The van der Waals surface area contributed by atoms with Crippen molar-refractivity contribution in [2.45, 2.75) is 76.3 Å². The highest BCUT2D eigenvalue weighted by atomic mass is 35.5. The zero-order chi connectivity index (χ0) is 14.1. The molecule has 0 N–H and O–H groups in total. The van der Waals surface area contributed by atoms with Gasteiger partial charge in [0.1, 0.15) is 0 Å². The van der Waals surface area contributed by atoms with Crippen LogP contribution in [-0.2, 0) is 0 Å². The molecule has 1 saturated carbocycles. The van der Waals surface area contributed by atoms with Crippen LogP contribution >= 0.6 is 12.4 Å². The van der Waals surface area contributed by atoms with E-state index < -0.39 is 0 Å². The van der Waals surface area contributed by atoms with E-state index in [4.69, 9.17) is 0 Å². The fourth-order valence-corrected chi connectivity index (χ4v) is 5.50. The molecule has 0 unspecified atom stereocenters. The molecule has 2 aliphatic heterocycles. The van der Waals surface area contributed by atoms with E-state index in [1.54, 1.807) is 0 Å². The SMILES string of the molecule is C[N+]1(C2CCC([N+]3(C)CCCCC3)CC2)CCCCC1.Cl.[Cl-].[Cl-]. The molecule has 0 amide bonds. The maximum atomic E-state index is 2.56. The normalized spacial score (nSPS) is 32.6. The quantitative estimate of drug-likeness (QED) is 0.480. The molecular formula is C18H37Cl3N2. The summed E-state index contributed by atoms with van der Waals surface area (Å²) in [6.07, 6.45) is 14.9. The fourth-order valence-electron chi connectivity index (χ4n) is 5.50. The standard InChI is InChI=1S/C18H36N2.3ClH/c1-19(13-5-3-6-14-19)17-9-11-18(12-10-17)20(2)15-7-4-8-16-20;;;/h17-18H,3-16H2,1-2H3;3*1H/q+2;;;/p-2. The second-order valence-corrected chi connectivity index (χ2v) is 8.44. The first-order valence-corrected chi connectivity index (χ1v) is 9.31. The fraction of sp³-hybridized carbons (Fsp3) is 1.00. The van der Waals surface area contributed by atoms with Crippen LogP contribution in [0.5, 0.6) is 0 Å². The van der Waals surface area contributed by atoms with E-state index in [-0.39, 0.29) is 37.2 Å². The number of hydrogen-bond acceptors (Lipinski definition) is 0. The third kappa shape index (κ3) is 5.38. The predicted molar refractivity (Wildman–Crippen MR) is 92.8 cm³/mol. The van der Waals surface area contributed by atoms with E-state index in [0.717, 1.165) is 12.1 Å². The zero-order valence-corrected chi connectivity index (χ0v) is 17.4. The first kappa shape index (κ1) is 23.8. The monoisotopic (exact) mass is 386 g/mol. The topological polar surface area (TPSA) is 0 Å². The number of halogens is 3. The second kappa shape index (κ2) is 10.1. The van der Waals surface area contributed by atoms with Gasteiger partial charge >= 0.3 is 0 Å². The van der Waals surface area contributed by atoms with Crippen LogP contribution in [0.15, 0.2) is 0 Å². The Balaban J connectivity index is 0.00000161. The van der Waals surface area contributed by atoms with Crippen molar-refractivity contribution in [1.29, 1.82) is 0 Å². The molecular weight excluding hydrogens is 351 g/mol. The number of hydrogen-bond donors (Lipinski definition) is 0. The summed E-state index contributed by atoms with van der Waals surface area (Å²) < 4.78 is 2.83. The molecule has 3 aliphatic rings. The molecule has 140 valence electrons. The molecule has 0 aromatic carbocycles. The van der Waals surface area contributed by atoms with Crippen molar-refractivity contribution in [3.05, 3.63) is 0 Å². The summed E-state index contributed by atoms with van der Waals surface area (Å²) in [6, 6.07) is 1.98. The van der Waals surface area contributed by atoms with Crippen molar-refractivity contribution < 1.29 is 33.8 Å². The summed E-state index contributed by atoms with van der Waals surface area (Å²) in [5, 5.41) is 0. The van der Waals surface area contributed by atoms with Crippen molar-refractivity contribution in [1.82, 2.24) is 0 Å². The zero-order valence-electron chi connectivity index (χ0n) is 15.1. The van der Waals surface area contributed by atoms with Crippen LogP contribution in [0.25, 0.3) is 0 Å². The Bertz CT molecular complexity index is 286. The van der Waals surface area contributed by atoms with E-state index in [9.17, 15) is 0 Å². The lowest BCUT2D eigenvalue weighted by Gasteiger charge is -2.50. The van der Waals surface area contributed by atoms with Gasteiger partial charge in [-0.25, -0.2) is 0 Å². The van der Waals surface area contributed by atoms with Crippen LogP contribution in [0.4, 0.5) is 0 Å². The van der Waals surface area contributed by atoms with E-state index in [1.165, 1.54) is 99.4 Å². The molecule has 2 nitrogen and oxygen atoms in total. The van der Waals surface area contributed by atoms with Gasteiger partial charge in [0.25, 0.3) is 0 Å². The Morgan fingerprint density at radius 1 is 0.522 bits per heavy atom. The van der Waals surface area contributed by atoms with Crippen LogP contribution in [0.1, 0.15) is 64.2 Å². The van der Waals surface area contributed by atoms with Gasteiger partial charge < -0.3 is 33.8 Å². The van der Waals surface area contributed by atoms with Gasteiger partial charge in [0, 0.05) is 25.7 Å². The Kier molecular flexibility index (Phi) is 10.4. The van der Waals surface area contributed by atoms with Gasteiger partial charge in [-0.2, -0.15) is 0 Å². The Labute approximate surface area is 162 Å². The van der Waals surface area contributed by atoms with Crippen molar-refractivity contribution in [3.63, 3.8) is 0 Å². The maximum Gasteiger partial charge on any atom is 0.0892 e. The summed E-state index contributed by atoms with van der Waals surface area (Å²) >= 11 is 0. The average Bonchev–Trinajstić information content (AvgIpc) is 2.49. The smallest absolute Gasteiger partial charge is 0.0892 e. The molecule has 5 heteroatoms. The minimum absolute atomic E-state index is 0. The molecule has 2 heterocycles. The van der Waals surface area contributed by atoms with Gasteiger partial charge in [-0.05, 0) is 38.5 Å². The molecule has 0 aromatic heterocycles. The van der Waals surface area contributed by atoms with Gasteiger partial charge in [-0.15, -0.1) is 12.4 Å². The molecule has 0 atom stereocenters. The highest BCUT2D eigenvalue weighted by Crippen LogP contribution is 2.35. The molecule has 23 heavy (non-hydrogen) atoms. The Morgan fingerprint density at radius 3 is 1.04 bits per heavy atom. The predicted octanol–water partition coefficient (Wildman–Crippen LogP) is -2.01. The van der Waals surface area contributed by atoms with Crippen LogP contribution < -0.4 is 24.8 Å². The van der Waals surface area contributed by atoms with Crippen molar-refractivity contribution >= 4 is 12.4 Å². The highest BCUT2D eigenvalue weighted by Gasteiger charge is 2.42. The molecule has 0 aromatic rings. The minimum Gasteiger partial charge on any atom is -1.00 e. The van der Waals surface area contributed by atoms with E-state index >= 15 is 0 Å². The number of nitrogens with zero attached hydrogens (tertiary/aromatic N) is 2. The first-order chi connectivity index (χ1) is 9.62. The maximum absolute atomic E-state index is 2.56. The van der Waals surface area contributed by atoms with E-state index in [0.29, 0.717) is 0 Å². The van der Waals surface area contributed by atoms with E-state index in [2.05, 4.69) is 14.1 Å². The summed E-state index contributed by atoms with van der Waals surface area (Å²) in [7, 11) is 5.11. The summed E-state index contributed by atoms with van der Waals surface area (Å²) in [5.41, 5.74) is 0. The van der Waals surface area contributed by atoms with Crippen molar-refractivity contribution in [2.75, 3.05) is 40.3 Å². The average molecular weight is 388 g/mol. The molecule has 2 saturated heterocycles. The Morgan fingerprint density at radius 2 is 0.783 bits per heavy atom. The number of quaternary nitrogens is 2. The number of likely N-dealkylation sites (tertiary alicyclic amines) is 2. The molecule has 0 bridgehead atoms.